The van der Waals surface area contributed by atoms with Crippen molar-refractivity contribution in [1.29, 1.82) is 0 Å². The first kappa shape index (κ1) is 55.1. The van der Waals surface area contributed by atoms with E-state index in [1.54, 1.807) is 0 Å². The molecule has 1 nitrogen and oxygen atoms in total. The Bertz CT molecular complexity index is 4310. The van der Waals surface area contributed by atoms with E-state index >= 15 is 0 Å². The predicted octanol–water partition coefficient (Wildman–Crippen LogP) is 22.1. The van der Waals surface area contributed by atoms with E-state index in [9.17, 15) is 0 Å². The number of benzene rings is 12. The molecule has 13 aromatic rings. The summed E-state index contributed by atoms with van der Waals surface area (Å²) in [5.74, 6) is 0. The summed E-state index contributed by atoms with van der Waals surface area (Å²) >= 11 is 0. The Morgan fingerprint density at radius 1 is 0.238 bits per heavy atom. The molecule has 0 saturated carbocycles. The minimum atomic E-state index is -0.273. The van der Waals surface area contributed by atoms with Crippen LogP contribution in [0.2, 0.25) is 0 Å². The maximum absolute atomic E-state index is 4.80. The SMILES string of the molecule is Cc1ccc2c(c1)C(C)(C)c1cc(C)ccc1-2.Cc1ccc2c(c1)C(c1ccccc1)(c1ccccc1)c1cc(C)ccc1-2.Cc1ccc2c3ccccc3c3ccc(C)cc3c2c1.Cc1cccc(-c2cccc(-c3cccc(C)c3)n2)c1. The minimum absolute atomic E-state index is 0.142. The van der Waals surface area contributed by atoms with Crippen molar-refractivity contribution in [2.45, 2.75) is 80.1 Å². The van der Waals surface area contributed by atoms with Crippen molar-refractivity contribution in [1.82, 2.24) is 4.98 Å². The zero-order chi connectivity index (χ0) is 58.3. The maximum atomic E-state index is 4.80. The molecule has 0 fully saturated rings. The number of hydrogen-bond donors (Lipinski definition) is 0. The molecule has 0 amide bonds. The van der Waals surface area contributed by atoms with Gasteiger partial charge in [-0.1, -0.05) is 295 Å². The number of nitrogens with zero attached hydrogens (tertiary/aromatic N) is 1. The first-order valence-corrected chi connectivity index (χ1v) is 29.7. The van der Waals surface area contributed by atoms with Crippen LogP contribution in [0.3, 0.4) is 0 Å². The van der Waals surface area contributed by atoms with Gasteiger partial charge in [-0.25, -0.2) is 4.98 Å². The highest BCUT2D eigenvalue weighted by Crippen LogP contribution is 2.56. The summed E-state index contributed by atoms with van der Waals surface area (Å²) in [5, 5.41) is 8.12. The molecule has 84 heavy (non-hydrogen) atoms. The summed E-state index contributed by atoms with van der Waals surface area (Å²) < 4.78 is 0. The molecule has 0 atom stereocenters. The summed E-state index contributed by atoms with van der Waals surface area (Å²) in [5.41, 5.74) is 28.6. The Morgan fingerprint density at radius 2 is 0.548 bits per heavy atom. The van der Waals surface area contributed by atoms with Gasteiger partial charge in [0.25, 0.3) is 0 Å². The molecule has 2 aliphatic carbocycles. The van der Waals surface area contributed by atoms with Crippen molar-refractivity contribution in [3.05, 3.63) is 339 Å². The van der Waals surface area contributed by atoms with Crippen LogP contribution in [-0.2, 0) is 10.8 Å². The lowest BCUT2D eigenvalue weighted by molar-refractivity contribution is 0.659. The van der Waals surface area contributed by atoms with Crippen LogP contribution in [0.25, 0.3) is 77.1 Å². The Kier molecular flexibility index (Phi) is 14.9. The molecule has 2 aliphatic rings. The molecule has 0 spiro atoms. The zero-order valence-electron chi connectivity index (χ0n) is 50.3. The smallest absolute Gasteiger partial charge is 0.0713 e. The van der Waals surface area contributed by atoms with Crippen LogP contribution < -0.4 is 0 Å². The Balaban J connectivity index is 0.000000112. The van der Waals surface area contributed by atoms with Crippen molar-refractivity contribution in [3.8, 4) is 44.8 Å². The van der Waals surface area contributed by atoms with Crippen molar-refractivity contribution < 1.29 is 0 Å². The normalized spacial score (nSPS) is 12.8. The Morgan fingerprint density at radius 3 is 0.940 bits per heavy atom. The van der Waals surface area contributed by atoms with E-state index in [1.165, 1.54) is 144 Å². The van der Waals surface area contributed by atoms with Gasteiger partial charge in [-0.3, -0.25) is 0 Å². The largest absolute Gasteiger partial charge is 0.248 e. The summed E-state index contributed by atoms with van der Waals surface area (Å²) in [6.07, 6.45) is 0. The lowest BCUT2D eigenvalue weighted by Gasteiger charge is -2.34. The zero-order valence-corrected chi connectivity index (χ0v) is 50.3. The standard InChI is InChI=1S/C27H22.C20H16.C19H17N.C17H18/c1-19-13-15-23-24-16-14-20(2)18-26(24)27(25(23)17-19,21-9-5-3-6-10-21)22-11-7-4-8-12-22;1-13-7-9-17-15-5-3-4-6-16(15)18-10-8-14(2)12-20(18)19(17)11-13;1-14-6-3-8-16(12-14)18-10-5-11-19(20-18)17-9-4-7-15(2)13-17;1-11-5-7-13-14-8-6-12(2)10-16(14)17(3,4)15(13)9-11/h3-18H,1-2H3;3-12H,1-2H3;3-13H,1-2H3;5-10H,1-4H3. The molecule has 1 heteroatoms. The van der Waals surface area contributed by atoms with E-state index in [1.807, 2.05) is 0 Å². The molecular weight excluding hydrogens is 1010 g/mol. The highest BCUT2D eigenvalue weighted by atomic mass is 14.7. The molecule has 1 aromatic heterocycles. The van der Waals surface area contributed by atoms with Crippen molar-refractivity contribution in [2.24, 2.45) is 0 Å². The molecule has 0 unspecified atom stereocenters. The van der Waals surface area contributed by atoms with Crippen LogP contribution in [0, 0.1) is 55.4 Å². The van der Waals surface area contributed by atoms with Gasteiger partial charge in [0, 0.05) is 16.5 Å². The fraction of sp³-hybridized carbons (Fsp3) is 0.145. The molecule has 12 aromatic carbocycles. The van der Waals surface area contributed by atoms with Crippen LogP contribution in [0.1, 0.15) is 91.7 Å². The first-order chi connectivity index (χ1) is 40.7. The Labute approximate surface area is 498 Å². The van der Waals surface area contributed by atoms with Gasteiger partial charge in [0.2, 0.25) is 0 Å². The fourth-order valence-corrected chi connectivity index (χ4v) is 13.2. The molecule has 0 aliphatic heterocycles. The number of aromatic nitrogens is 1. The van der Waals surface area contributed by atoms with Gasteiger partial charge in [0.1, 0.15) is 0 Å². The summed E-state index contributed by atoms with van der Waals surface area (Å²) in [4.78, 5) is 4.80. The van der Waals surface area contributed by atoms with Gasteiger partial charge < -0.3 is 0 Å². The van der Waals surface area contributed by atoms with Crippen LogP contribution in [-0.4, -0.2) is 4.98 Å². The van der Waals surface area contributed by atoms with Crippen molar-refractivity contribution >= 4 is 32.3 Å². The predicted molar refractivity (Wildman–Crippen MR) is 360 cm³/mol. The van der Waals surface area contributed by atoms with Crippen LogP contribution in [0.5, 0.6) is 0 Å². The highest BCUT2D eigenvalue weighted by Gasteiger charge is 2.46. The van der Waals surface area contributed by atoms with E-state index in [2.05, 4.69) is 330 Å². The number of rotatable bonds is 4. The average molecular weight is 1080 g/mol. The third kappa shape index (κ3) is 10.3. The molecule has 0 N–H and O–H groups in total. The van der Waals surface area contributed by atoms with E-state index in [0.717, 1.165) is 11.4 Å². The highest BCUT2D eigenvalue weighted by molar-refractivity contribution is 6.25. The van der Waals surface area contributed by atoms with E-state index in [0.29, 0.717) is 0 Å². The monoisotopic (exact) mass is 1080 g/mol. The van der Waals surface area contributed by atoms with Crippen molar-refractivity contribution in [3.63, 3.8) is 0 Å². The Hall–Kier alpha value is -9.43. The molecule has 15 rings (SSSR count). The first-order valence-electron chi connectivity index (χ1n) is 29.7. The van der Waals surface area contributed by atoms with Gasteiger partial charge in [-0.2, -0.15) is 0 Å². The molecule has 0 saturated heterocycles. The number of pyridine rings is 1. The molecule has 1 heterocycles. The maximum Gasteiger partial charge on any atom is 0.0713 e. The van der Waals surface area contributed by atoms with Crippen LogP contribution >= 0.6 is 0 Å². The van der Waals surface area contributed by atoms with Gasteiger partial charge in [-0.15, -0.1) is 0 Å². The molecular formula is C83H73N. The second-order valence-corrected chi connectivity index (χ2v) is 24.1. The molecule has 0 radical (unpaired) electrons. The lowest BCUT2D eigenvalue weighted by atomic mass is 9.67. The average Bonchev–Trinajstić information content (AvgIpc) is 1.72. The third-order valence-electron chi connectivity index (χ3n) is 17.4. The van der Waals surface area contributed by atoms with Gasteiger partial charge in [0.15, 0.2) is 0 Å². The topological polar surface area (TPSA) is 12.9 Å². The van der Waals surface area contributed by atoms with E-state index in [-0.39, 0.29) is 10.8 Å². The quantitative estimate of drug-likeness (QED) is 0.160. The van der Waals surface area contributed by atoms with Crippen molar-refractivity contribution in [2.75, 3.05) is 0 Å². The third-order valence-corrected chi connectivity index (χ3v) is 17.4. The number of hydrogen-bond acceptors (Lipinski definition) is 1. The van der Waals surface area contributed by atoms with E-state index in [4.69, 9.17) is 4.98 Å². The number of fused-ring (bicyclic) bond motifs is 12. The second kappa shape index (κ2) is 22.7. The fourth-order valence-electron chi connectivity index (χ4n) is 13.2. The lowest BCUT2D eigenvalue weighted by Crippen LogP contribution is -2.28. The second-order valence-electron chi connectivity index (χ2n) is 24.1. The number of aryl methyl sites for hydroxylation is 8. The molecule has 410 valence electrons. The summed E-state index contributed by atoms with van der Waals surface area (Å²) in [6, 6.07) is 94.8. The minimum Gasteiger partial charge on any atom is -0.248 e. The van der Waals surface area contributed by atoms with E-state index < -0.39 is 0 Å². The van der Waals surface area contributed by atoms with Gasteiger partial charge in [0.05, 0.1) is 16.8 Å². The van der Waals surface area contributed by atoms with Crippen LogP contribution in [0.4, 0.5) is 0 Å². The van der Waals surface area contributed by atoms with Gasteiger partial charge >= 0.3 is 0 Å². The van der Waals surface area contributed by atoms with Gasteiger partial charge in [-0.05, 0) is 168 Å². The summed E-state index contributed by atoms with van der Waals surface area (Å²) in [6.45, 7) is 21.9. The summed E-state index contributed by atoms with van der Waals surface area (Å²) in [7, 11) is 0. The molecule has 0 bridgehead atoms. The van der Waals surface area contributed by atoms with Crippen LogP contribution in [0.15, 0.2) is 261 Å².